The second-order valence-corrected chi connectivity index (χ2v) is 6.86. The summed E-state index contributed by atoms with van der Waals surface area (Å²) in [7, 11) is 1.33. The Labute approximate surface area is 149 Å². The third kappa shape index (κ3) is 4.31. The molecule has 2 aliphatic rings. The number of amides is 1. The van der Waals surface area contributed by atoms with Crippen molar-refractivity contribution in [3.63, 3.8) is 0 Å². The van der Waals surface area contributed by atoms with E-state index in [9.17, 15) is 9.59 Å². The molecule has 2 rings (SSSR count). The third-order valence-electron chi connectivity index (χ3n) is 4.50. The summed E-state index contributed by atoms with van der Waals surface area (Å²) < 4.78 is 16.0. The van der Waals surface area contributed by atoms with Crippen molar-refractivity contribution in [1.82, 2.24) is 4.90 Å². The van der Waals surface area contributed by atoms with Crippen LogP contribution in [-0.2, 0) is 23.8 Å². The molecule has 0 atom stereocenters. The molecule has 0 radical (unpaired) electrons. The molecule has 1 fully saturated rings. The van der Waals surface area contributed by atoms with Crippen LogP contribution >= 0.6 is 0 Å². The van der Waals surface area contributed by atoms with Crippen LogP contribution in [0.3, 0.4) is 0 Å². The molecule has 0 spiro atoms. The van der Waals surface area contributed by atoms with Gasteiger partial charge in [-0.25, -0.2) is 4.79 Å². The van der Waals surface area contributed by atoms with Crippen LogP contribution in [0.4, 0.5) is 0 Å². The van der Waals surface area contributed by atoms with Gasteiger partial charge in [0.25, 0.3) is 5.91 Å². The zero-order valence-electron chi connectivity index (χ0n) is 15.5. The quantitative estimate of drug-likeness (QED) is 0.564. The molecule has 0 aromatic carbocycles. The van der Waals surface area contributed by atoms with Crippen LogP contribution in [0.25, 0.3) is 0 Å². The van der Waals surface area contributed by atoms with Gasteiger partial charge in [0.1, 0.15) is 5.76 Å². The van der Waals surface area contributed by atoms with Gasteiger partial charge in [0, 0.05) is 25.3 Å². The van der Waals surface area contributed by atoms with Crippen LogP contribution in [0, 0.1) is 5.92 Å². The van der Waals surface area contributed by atoms with Gasteiger partial charge in [0.15, 0.2) is 5.60 Å². The summed E-state index contributed by atoms with van der Waals surface area (Å²) in [5.41, 5.74) is -0.0378. The van der Waals surface area contributed by atoms with Crippen molar-refractivity contribution in [2.45, 2.75) is 39.2 Å². The normalized spacial score (nSPS) is 21.8. The van der Waals surface area contributed by atoms with E-state index < -0.39 is 11.6 Å². The van der Waals surface area contributed by atoms with Gasteiger partial charge in [0.2, 0.25) is 0 Å². The molecule has 138 valence electrons. The number of carbonyl (C=O) groups is 2. The van der Waals surface area contributed by atoms with E-state index in [-0.39, 0.29) is 5.91 Å². The highest BCUT2D eigenvalue weighted by Gasteiger charge is 2.42. The Morgan fingerprint density at radius 2 is 2.04 bits per heavy atom. The number of methoxy groups -OCH3 is 1. The average Bonchev–Trinajstić information content (AvgIpc) is 2.61. The Kier molecular flexibility index (Phi) is 6.06. The molecular formula is C19H27NO5. The van der Waals surface area contributed by atoms with E-state index in [0.29, 0.717) is 42.7 Å². The first-order valence-electron chi connectivity index (χ1n) is 8.52. The molecule has 0 aromatic heterocycles. The van der Waals surface area contributed by atoms with Crippen LogP contribution in [0.2, 0.25) is 0 Å². The average molecular weight is 349 g/mol. The second kappa shape index (κ2) is 7.87. The lowest BCUT2D eigenvalue weighted by Crippen LogP contribution is -2.51. The summed E-state index contributed by atoms with van der Waals surface area (Å²) in [4.78, 5) is 26.5. The molecule has 25 heavy (non-hydrogen) atoms. The minimum absolute atomic E-state index is 0.131. The lowest BCUT2D eigenvalue weighted by molar-refractivity contribution is -0.152. The van der Waals surface area contributed by atoms with Crippen molar-refractivity contribution < 1.29 is 23.8 Å². The Morgan fingerprint density at radius 3 is 2.60 bits per heavy atom. The van der Waals surface area contributed by atoms with Crippen LogP contribution in [0.1, 0.15) is 33.6 Å². The van der Waals surface area contributed by atoms with Crippen LogP contribution in [0.5, 0.6) is 0 Å². The van der Waals surface area contributed by atoms with Gasteiger partial charge >= 0.3 is 5.97 Å². The molecule has 0 unspecified atom stereocenters. The maximum atomic E-state index is 13.0. The first-order valence-corrected chi connectivity index (χ1v) is 8.52. The van der Waals surface area contributed by atoms with Crippen LogP contribution in [0.15, 0.2) is 35.8 Å². The third-order valence-corrected chi connectivity index (χ3v) is 4.50. The van der Waals surface area contributed by atoms with Crippen LogP contribution in [-0.4, -0.2) is 49.2 Å². The fraction of sp³-hybridized carbons (Fsp3) is 0.579. The summed E-state index contributed by atoms with van der Waals surface area (Å²) in [6.45, 7) is 10.9. The lowest BCUT2D eigenvalue weighted by atomic mass is 9.96. The summed E-state index contributed by atoms with van der Waals surface area (Å²) in [6, 6.07) is 0. The molecule has 0 aromatic rings. The summed E-state index contributed by atoms with van der Waals surface area (Å²) >= 11 is 0. The fourth-order valence-corrected chi connectivity index (χ4v) is 3.03. The largest absolute Gasteiger partial charge is 0.476 e. The van der Waals surface area contributed by atoms with Gasteiger partial charge in [-0.05, 0) is 51.7 Å². The van der Waals surface area contributed by atoms with Gasteiger partial charge < -0.3 is 19.1 Å². The van der Waals surface area contributed by atoms with Crippen molar-refractivity contribution >= 4 is 11.9 Å². The monoisotopic (exact) mass is 349 g/mol. The SMILES string of the molecule is C=CC1=C(/C=C(\C)C(=O)OC)N(CC2CCOCC2)C(=O)C(C)(C)O1. The Balaban J connectivity index is 2.42. The minimum atomic E-state index is -0.981. The Hall–Kier alpha value is -2.08. The van der Waals surface area contributed by atoms with E-state index in [1.165, 1.54) is 7.11 Å². The van der Waals surface area contributed by atoms with Crippen molar-refractivity contribution in [3.8, 4) is 0 Å². The molecule has 0 aliphatic carbocycles. The number of hydrogen-bond acceptors (Lipinski definition) is 5. The van der Waals surface area contributed by atoms with Crippen LogP contribution < -0.4 is 0 Å². The van der Waals surface area contributed by atoms with E-state index in [1.807, 2.05) is 0 Å². The number of ether oxygens (including phenoxy) is 3. The van der Waals surface area contributed by atoms with Crippen molar-refractivity contribution in [2.75, 3.05) is 26.9 Å². The minimum Gasteiger partial charge on any atom is -0.476 e. The summed E-state index contributed by atoms with van der Waals surface area (Å²) in [5, 5.41) is 0. The van der Waals surface area contributed by atoms with Gasteiger partial charge in [-0.3, -0.25) is 4.79 Å². The fourth-order valence-electron chi connectivity index (χ4n) is 3.03. The zero-order chi connectivity index (χ0) is 18.6. The molecule has 6 heteroatoms. The number of esters is 1. The van der Waals surface area contributed by atoms with Gasteiger partial charge in [-0.1, -0.05) is 6.58 Å². The number of nitrogens with zero attached hydrogens (tertiary/aromatic N) is 1. The number of rotatable bonds is 5. The van der Waals surface area contributed by atoms with E-state index in [4.69, 9.17) is 14.2 Å². The number of carbonyl (C=O) groups excluding carboxylic acids is 2. The van der Waals surface area contributed by atoms with E-state index in [2.05, 4.69) is 6.58 Å². The highest BCUT2D eigenvalue weighted by molar-refractivity contribution is 5.90. The van der Waals surface area contributed by atoms with Gasteiger partial charge in [-0.15, -0.1) is 0 Å². The van der Waals surface area contributed by atoms with Crippen molar-refractivity contribution in [2.24, 2.45) is 5.92 Å². The molecule has 0 N–H and O–H groups in total. The first-order chi connectivity index (χ1) is 11.8. The molecule has 2 aliphatic heterocycles. The number of allylic oxidation sites excluding steroid dienone is 2. The highest BCUT2D eigenvalue weighted by atomic mass is 16.5. The Bertz CT molecular complexity index is 611. The van der Waals surface area contributed by atoms with Crippen molar-refractivity contribution in [1.29, 1.82) is 0 Å². The maximum absolute atomic E-state index is 13.0. The smallest absolute Gasteiger partial charge is 0.333 e. The van der Waals surface area contributed by atoms with E-state index in [0.717, 1.165) is 12.8 Å². The molecule has 6 nitrogen and oxygen atoms in total. The highest BCUT2D eigenvalue weighted by Crippen LogP contribution is 2.33. The maximum Gasteiger partial charge on any atom is 0.333 e. The second-order valence-electron chi connectivity index (χ2n) is 6.86. The topological polar surface area (TPSA) is 65.1 Å². The molecule has 2 heterocycles. The zero-order valence-corrected chi connectivity index (χ0v) is 15.5. The van der Waals surface area contributed by atoms with Crippen molar-refractivity contribution in [3.05, 3.63) is 35.8 Å². The predicted octanol–water partition coefficient (Wildman–Crippen LogP) is 2.57. The predicted molar refractivity (Wildman–Crippen MR) is 93.4 cm³/mol. The van der Waals surface area contributed by atoms with Gasteiger partial charge in [-0.2, -0.15) is 0 Å². The number of hydrogen-bond donors (Lipinski definition) is 0. The molecule has 0 bridgehead atoms. The van der Waals surface area contributed by atoms with E-state index in [1.54, 1.807) is 37.8 Å². The Morgan fingerprint density at radius 1 is 1.40 bits per heavy atom. The summed E-state index contributed by atoms with van der Waals surface area (Å²) in [6.07, 6.45) is 5.01. The lowest BCUT2D eigenvalue weighted by Gasteiger charge is -2.41. The first kappa shape index (κ1) is 19.2. The molecule has 1 amide bonds. The molecular weight excluding hydrogens is 322 g/mol. The van der Waals surface area contributed by atoms with Gasteiger partial charge in [0.05, 0.1) is 12.8 Å². The molecule has 1 saturated heterocycles. The molecule has 0 saturated carbocycles. The standard InChI is InChI=1S/C19H27NO5/c1-6-16-15(11-13(2)17(21)23-5)20(18(22)19(3,4)25-16)12-14-7-9-24-10-8-14/h6,11,14H,1,7-10,12H2,2-5H3/b13-11+. The van der Waals surface area contributed by atoms with E-state index >= 15 is 0 Å². The summed E-state index contributed by atoms with van der Waals surface area (Å²) in [5.74, 6) is 0.257.